The van der Waals surface area contributed by atoms with Crippen molar-refractivity contribution < 1.29 is 4.74 Å². The number of benzene rings is 1. The number of pyridine rings is 1. The molecule has 0 unspecified atom stereocenters. The van der Waals surface area contributed by atoms with Gasteiger partial charge in [-0.25, -0.2) is 0 Å². The molecule has 1 N–H and O–H groups in total. The van der Waals surface area contributed by atoms with Gasteiger partial charge in [-0.3, -0.25) is 4.79 Å². The fourth-order valence-corrected chi connectivity index (χ4v) is 3.50. The molecule has 4 nitrogen and oxygen atoms in total. The number of fused-ring (bicyclic) bond motifs is 1. The van der Waals surface area contributed by atoms with Crippen molar-refractivity contribution in [1.82, 2.24) is 4.57 Å². The van der Waals surface area contributed by atoms with Crippen molar-refractivity contribution in [3.8, 4) is 16.9 Å². The Hall–Kier alpha value is -1.88. The molecule has 2 heterocycles. The smallest absolute Gasteiger partial charge is 0.277 e. The van der Waals surface area contributed by atoms with E-state index in [1.807, 2.05) is 6.20 Å². The summed E-state index contributed by atoms with van der Waals surface area (Å²) in [5.74, 6) is 0.695. The Kier molecular flexibility index (Phi) is 5.19. The summed E-state index contributed by atoms with van der Waals surface area (Å²) in [5, 5.41) is 3.21. The predicted molar refractivity (Wildman–Crippen MR) is 101 cm³/mol. The van der Waals surface area contributed by atoms with Crippen molar-refractivity contribution in [2.75, 3.05) is 24.7 Å². The second kappa shape index (κ2) is 7.34. The maximum Gasteiger partial charge on any atom is 0.277 e. The zero-order valence-electron chi connectivity index (χ0n) is 14.5. The first-order chi connectivity index (χ1) is 11.7. The van der Waals surface area contributed by atoms with Gasteiger partial charge >= 0.3 is 0 Å². The van der Waals surface area contributed by atoms with Crippen molar-refractivity contribution in [1.29, 1.82) is 0 Å². The molecular weight excluding hydrogens is 320 g/mol. The molecule has 3 rings (SSSR count). The Bertz CT molecular complexity index is 799. The highest BCUT2D eigenvalue weighted by atomic mass is 32.2. The van der Waals surface area contributed by atoms with Gasteiger partial charge in [-0.15, -0.1) is 11.8 Å². The van der Waals surface area contributed by atoms with Crippen LogP contribution in [-0.2, 0) is 13.5 Å². The minimum absolute atomic E-state index is 0.0374. The molecule has 0 spiro atoms. The van der Waals surface area contributed by atoms with Gasteiger partial charge in [0.1, 0.15) is 12.3 Å². The van der Waals surface area contributed by atoms with Crippen LogP contribution in [0.3, 0.4) is 0 Å². The van der Waals surface area contributed by atoms with Crippen molar-refractivity contribution in [3.63, 3.8) is 0 Å². The van der Waals surface area contributed by atoms with E-state index < -0.39 is 0 Å². The lowest BCUT2D eigenvalue weighted by Crippen LogP contribution is -2.28. The topological polar surface area (TPSA) is 43.3 Å². The van der Waals surface area contributed by atoms with E-state index in [9.17, 15) is 4.79 Å². The molecule has 0 bridgehead atoms. The molecule has 0 saturated carbocycles. The summed E-state index contributed by atoms with van der Waals surface area (Å²) < 4.78 is 7.54. The number of aryl methyl sites for hydroxylation is 2. The molecule has 0 fully saturated rings. The summed E-state index contributed by atoms with van der Waals surface area (Å²) in [7, 11) is 1.80. The van der Waals surface area contributed by atoms with Gasteiger partial charge < -0.3 is 14.6 Å². The molecule has 24 heavy (non-hydrogen) atoms. The van der Waals surface area contributed by atoms with Crippen LogP contribution < -0.4 is 15.6 Å². The van der Waals surface area contributed by atoms with Crippen molar-refractivity contribution in [3.05, 3.63) is 40.3 Å². The number of hydrogen-bond acceptors (Lipinski definition) is 4. The Morgan fingerprint density at radius 2 is 2.17 bits per heavy atom. The maximum absolute atomic E-state index is 12.4. The van der Waals surface area contributed by atoms with Crippen LogP contribution in [0.25, 0.3) is 11.1 Å². The maximum atomic E-state index is 12.4. The van der Waals surface area contributed by atoms with Gasteiger partial charge in [0.2, 0.25) is 0 Å². The number of aromatic nitrogens is 1. The lowest BCUT2D eigenvalue weighted by atomic mass is 9.96. The lowest BCUT2D eigenvalue weighted by molar-refractivity contribution is 0.323. The van der Waals surface area contributed by atoms with Gasteiger partial charge in [0.05, 0.1) is 0 Å². The summed E-state index contributed by atoms with van der Waals surface area (Å²) in [6.07, 6.45) is 7.33. The minimum atomic E-state index is -0.0374. The van der Waals surface area contributed by atoms with Gasteiger partial charge in [-0.05, 0) is 42.4 Å². The normalized spacial score (nSPS) is 13.1. The summed E-state index contributed by atoms with van der Waals surface area (Å²) >= 11 is 1.73. The molecule has 0 aliphatic carbocycles. The first kappa shape index (κ1) is 17.0. The minimum Gasteiger partial charge on any atom is -0.489 e. The average molecular weight is 344 g/mol. The van der Waals surface area contributed by atoms with Gasteiger partial charge in [0.25, 0.3) is 5.56 Å². The van der Waals surface area contributed by atoms with Crippen molar-refractivity contribution in [2.45, 2.75) is 31.1 Å². The zero-order valence-corrected chi connectivity index (χ0v) is 15.3. The molecule has 1 aliphatic heterocycles. The fourth-order valence-electron chi connectivity index (χ4n) is 3.06. The first-order valence-electron chi connectivity index (χ1n) is 8.43. The van der Waals surface area contributed by atoms with Crippen LogP contribution in [0.15, 0.2) is 34.1 Å². The molecular formula is C19H24N2O2S. The van der Waals surface area contributed by atoms with Gasteiger partial charge in [-0.2, -0.15) is 0 Å². The number of nitrogens with zero attached hydrogens (tertiary/aromatic N) is 1. The third kappa shape index (κ3) is 3.18. The van der Waals surface area contributed by atoms with Crippen LogP contribution in [0.5, 0.6) is 5.75 Å². The number of rotatable bonds is 5. The third-order valence-electron chi connectivity index (χ3n) is 4.39. The third-order valence-corrected chi connectivity index (χ3v) is 5.11. The molecule has 128 valence electrons. The largest absolute Gasteiger partial charge is 0.489 e. The van der Waals surface area contributed by atoms with E-state index in [1.54, 1.807) is 23.4 Å². The summed E-state index contributed by atoms with van der Waals surface area (Å²) in [6, 6.07) is 6.60. The second-order valence-electron chi connectivity index (χ2n) is 6.06. The Morgan fingerprint density at radius 3 is 2.92 bits per heavy atom. The van der Waals surface area contributed by atoms with E-state index in [-0.39, 0.29) is 5.56 Å². The number of anilines is 1. The molecule has 0 amide bonds. The van der Waals surface area contributed by atoms with E-state index in [4.69, 9.17) is 4.74 Å². The first-order valence-corrected chi connectivity index (χ1v) is 9.65. The van der Waals surface area contributed by atoms with Crippen molar-refractivity contribution >= 4 is 17.4 Å². The number of nitrogens with one attached hydrogen (secondary N) is 1. The number of ether oxygens (including phenoxy) is 1. The van der Waals surface area contributed by atoms with Gasteiger partial charge in [0.15, 0.2) is 5.75 Å². The molecule has 0 saturated heterocycles. The highest BCUT2D eigenvalue weighted by molar-refractivity contribution is 7.98. The van der Waals surface area contributed by atoms with Crippen LogP contribution in [0, 0.1) is 0 Å². The molecule has 0 radical (unpaired) electrons. The Balaban J connectivity index is 2.21. The highest BCUT2D eigenvalue weighted by Crippen LogP contribution is 2.39. The Labute approximate surface area is 147 Å². The summed E-state index contributed by atoms with van der Waals surface area (Å²) in [4.78, 5) is 13.6. The quantitative estimate of drug-likeness (QED) is 0.835. The Morgan fingerprint density at radius 1 is 1.33 bits per heavy atom. The standard InChI is InChI=1S/C19H24N2O2S/c1-4-5-6-13-7-8-14(24-3)11-15(13)16-12-21(2)19(22)17-18(16)23-10-9-20-17/h7-8,11-12,20H,4-6,9-10H2,1-3H3. The number of thioether (sulfide) groups is 1. The van der Waals surface area contributed by atoms with Gasteiger partial charge in [-0.1, -0.05) is 19.4 Å². The van der Waals surface area contributed by atoms with E-state index in [2.05, 4.69) is 36.7 Å². The summed E-state index contributed by atoms with van der Waals surface area (Å²) in [5.41, 5.74) is 4.03. The predicted octanol–water partition coefficient (Wildman–Crippen LogP) is 3.92. The molecule has 2 aromatic rings. The molecule has 1 aromatic carbocycles. The highest BCUT2D eigenvalue weighted by Gasteiger charge is 2.22. The number of unbranched alkanes of at least 4 members (excludes halogenated alkanes) is 1. The fraction of sp³-hybridized carbons (Fsp3) is 0.421. The van der Waals surface area contributed by atoms with Crippen LogP contribution >= 0.6 is 11.8 Å². The van der Waals surface area contributed by atoms with E-state index >= 15 is 0 Å². The zero-order chi connectivity index (χ0) is 17.1. The summed E-state index contributed by atoms with van der Waals surface area (Å²) in [6.45, 7) is 3.45. The van der Waals surface area contributed by atoms with Crippen LogP contribution in [0.1, 0.15) is 25.3 Å². The van der Waals surface area contributed by atoms with E-state index in [1.165, 1.54) is 16.0 Å². The number of hydrogen-bond donors (Lipinski definition) is 1. The molecule has 1 aromatic heterocycles. The monoisotopic (exact) mass is 344 g/mol. The van der Waals surface area contributed by atoms with Crippen LogP contribution in [0.2, 0.25) is 0 Å². The van der Waals surface area contributed by atoms with Gasteiger partial charge in [0, 0.05) is 30.2 Å². The van der Waals surface area contributed by atoms with Crippen LogP contribution in [-0.4, -0.2) is 24.0 Å². The lowest BCUT2D eigenvalue weighted by Gasteiger charge is -2.23. The molecule has 1 aliphatic rings. The molecule has 5 heteroatoms. The average Bonchev–Trinajstić information content (AvgIpc) is 2.63. The SMILES string of the molecule is CCCCc1ccc(SC)cc1-c1cn(C)c(=O)c2c1OCCN2. The second-order valence-corrected chi connectivity index (χ2v) is 6.94. The molecule has 0 atom stereocenters. The van der Waals surface area contributed by atoms with Crippen molar-refractivity contribution in [2.24, 2.45) is 7.05 Å². The van der Waals surface area contributed by atoms with E-state index in [0.717, 1.165) is 24.8 Å². The van der Waals surface area contributed by atoms with E-state index in [0.29, 0.717) is 24.6 Å². The van der Waals surface area contributed by atoms with Crippen LogP contribution in [0.4, 0.5) is 5.69 Å².